The minimum Gasteiger partial charge on any atom is -0.452 e. The summed E-state index contributed by atoms with van der Waals surface area (Å²) in [5.41, 5.74) is 2.14. The molecule has 11 heteroatoms. The SMILES string of the molecule is C=CC/C1=C\C(C)CC(C)CC(OC)C2OC(O)(C(=O)C(=O)N3CCCCC3C(=O)OC(C(C)=CC3CCC(O)CC3)/C(C)=C\CC1=O)C(C)CC2OC. The minimum absolute atomic E-state index is 0.0301. The van der Waals surface area contributed by atoms with Gasteiger partial charge in [0.1, 0.15) is 18.2 Å². The number of Topliss-reactive ketones (excluding diaryl/α,β-unsaturated/α-hetero) is 2. The molecule has 9 unspecified atom stereocenters. The number of aliphatic hydroxyl groups is 2. The average molecular weight is 756 g/mol. The van der Waals surface area contributed by atoms with Gasteiger partial charge < -0.3 is 34.1 Å². The molecule has 3 heterocycles. The van der Waals surface area contributed by atoms with Crippen LogP contribution in [0.5, 0.6) is 0 Å². The Bertz CT molecular complexity index is 1440. The van der Waals surface area contributed by atoms with Gasteiger partial charge >= 0.3 is 5.97 Å². The largest absolute Gasteiger partial charge is 0.452 e. The molecule has 1 saturated carbocycles. The highest BCUT2D eigenvalue weighted by Gasteiger charge is 2.56. The van der Waals surface area contributed by atoms with Crippen molar-refractivity contribution in [3.63, 3.8) is 0 Å². The van der Waals surface area contributed by atoms with E-state index in [9.17, 15) is 29.4 Å². The van der Waals surface area contributed by atoms with E-state index in [-0.39, 0.29) is 55.4 Å². The molecule has 2 bridgehead atoms. The second kappa shape index (κ2) is 19.8. The number of rotatable bonds is 6. The smallest absolute Gasteiger partial charge is 0.329 e. The molecule has 0 aromatic rings. The van der Waals surface area contributed by atoms with Crippen LogP contribution in [0, 0.1) is 23.7 Å². The lowest BCUT2D eigenvalue weighted by molar-refractivity contribution is -0.302. The first kappa shape index (κ1) is 43.8. The van der Waals surface area contributed by atoms with Gasteiger partial charge in [-0.2, -0.15) is 0 Å². The maximum absolute atomic E-state index is 14.2. The third-order valence-corrected chi connectivity index (χ3v) is 12.0. The first-order chi connectivity index (χ1) is 25.6. The van der Waals surface area contributed by atoms with Crippen molar-refractivity contribution in [2.24, 2.45) is 23.7 Å². The van der Waals surface area contributed by atoms with Crippen molar-refractivity contribution in [3.8, 4) is 0 Å². The first-order valence-electron chi connectivity index (χ1n) is 20.0. The highest BCUT2D eigenvalue weighted by atomic mass is 16.7. The van der Waals surface area contributed by atoms with Crippen LogP contribution >= 0.6 is 0 Å². The number of fused-ring (bicyclic) bond motifs is 3. The Labute approximate surface area is 322 Å². The molecule has 2 saturated heterocycles. The van der Waals surface area contributed by atoms with E-state index in [1.807, 2.05) is 26.0 Å². The van der Waals surface area contributed by atoms with Crippen LogP contribution in [0.3, 0.4) is 0 Å². The lowest BCUT2D eigenvalue weighted by atomic mass is 9.81. The Morgan fingerprint density at radius 2 is 1.67 bits per heavy atom. The van der Waals surface area contributed by atoms with Gasteiger partial charge in [0, 0.05) is 33.1 Å². The summed E-state index contributed by atoms with van der Waals surface area (Å²) < 4.78 is 24.2. The molecule has 0 spiro atoms. The third kappa shape index (κ3) is 10.7. The second-order valence-electron chi connectivity index (χ2n) is 16.4. The molecule has 1 aliphatic carbocycles. The van der Waals surface area contributed by atoms with Crippen molar-refractivity contribution in [1.29, 1.82) is 0 Å². The lowest BCUT2D eigenvalue weighted by Crippen LogP contribution is -2.64. The number of ether oxygens (including phenoxy) is 4. The molecular weight excluding hydrogens is 690 g/mol. The lowest BCUT2D eigenvalue weighted by Gasteiger charge is -2.47. The summed E-state index contributed by atoms with van der Waals surface area (Å²) in [6, 6.07) is -1.06. The monoisotopic (exact) mass is 755 g/mol. The maximum Gasteiger partial charge on any atom is 0.329 e. The second-order valence-corrected chi connectivity index (χ2v) is 16.4. The summed E-state index contributed by atoms with van der Waals surface area (Å²) in [5, 5.41) is 22.1. The molecule has 9 atom stereocenters. The molecule has 302 valence electrons. The zero-order valence-electron chi connectivity index (χ0n) is 33.6. The van der Waals surface area contributed by atoms with Gasteiger partial charge in [-0.3, -0.25) is 14.4 Å². The number of esters is 1. The number of hydrogen-bond donors (Lipinski definition) is 2. The molecular formula is C43H65NO10. The molecule has 2 N–H and O–H groups in total. The number of methoxy groups -OCH3 is 2. The van der Waals surface area contributed by atoms with Gasteiger partial charge in [0.25, 0.3) is 11.7 Å². The molecule has 0 radical (unpaired) electrons. The predicted octanol–water partition coefficient (Wildman–Crippen LogP) is 5.96. The van der Waals surface area contributed by atoms with Crippen LogP contribution in [0.1, 0.15) is 112 Å². The highest BCUT2D eigenvalue weighted by molar-refractivity contribution is 6.39. The van der Waals surface area contributed by atoms with Crippen LogP contribution in [0.25, 0.3) is 0 Å². The molecule has 4 aliphatic rings. The van der Waals surface area contributed by atoms with Gasteiger partial charge in [-0.25, -0.2) is 4.79 Å². The first-order valence-corrected chi connectivity index (χ1v) is 20.0. The van der Waals surface area contributed by atoms with Crippen LogP contribution in [-0.4, -0.2) is 102 Å². The standard InChI is InChI=1S/C43H65NO10/c1-9-12-32-22-26(2)21-27(3)23-36(51-7)39-37(52-8)25-30(6)43(50,54-39)40(47)41(48)44-20-11-10-13-34(44)42(49)53-38(28(4)14-19-35(32)46)29(5)24-31-15-17-33(45)18-16-31/h9,14,22,24,26-27,30-31,33-34,36-39,45,50H,1,10-13,15-21,23,25H2,2-8H3/b28-14-,29-24?,32-22+. The number of carbonyl (C=O) groups excluding carboxylic acids is 4. The summed E-state index contributed by atoms with van der Waals surface area (Å²) >= 11 is 0. The van der Waals surface area contributed by atoms with Gasteiger partial charge in [-0.1, -0.05) is 45.1 Å². The number of allylic oxidation sites excluding steroid dienone is 5. The zero-order chi connectivity index (χ0) is 39.7. The third-order valence-electron chi connectivity index (χ3n) is 12.0. The molecule has 3 aliphatic heterocycles. The van der Waals surface area contributed by atoms with E-state index in [0.29, 0.717) is 49.7 Å². The molecule has 54 heavy (non-hydrogen) atoms. The maximum atomic E-state index is 14.2. The summed E-state index contributed by atoms with van der Waals surface area (Å²) in [6.07, 6.45) is 11.0. The summed E-state index contributed by atoms with van der Waals surface area (Å²) in [7, 11) is 3.09. The van der Waals surface area contributed by atoms with Crippen molar-refractivity contribution in [3.05, 3.63) is 47.6 Å². The summed E-state index contributed by atoms with van der Waals surface area (Å²) in [4.78, 5) is 57.4. The van der Waals surface area contributed by atoms with Gasteiger partial charge in [-0.15, -0.1) is 6.58 Å². The molecule has 1 amide bonds. The van der Waals surface area contributed by atoms with Crippen molar-refractivity contribution < 1.29 is 48.3 Å². The molecule has 4 rings (SSSR count). The molecule has 11 nitrogen and oxygen atoms in total. The number of nitrogens with zero attached hydrogens (tertiary/aromatic N) is 1. The van der Waals surface area contributed by atoms with Gasteiger partial charge in [0.2, 0.25) is 5.79 Å². The Kier molecular flexibility index (Phi) is 16.0. The van der Waals surface area contributed by atoms with Crippen LogP contribution in [0.15, 0.2) is 47.6 Å². The van der Waals surface area contributed by atoms with E-state index in [0.717, 1.165) is 24.8 Å². The van der Waals surface area contributed by atoms with Crippen LogP contribution < -0.4 is 0 Å². The van der Waals surface area contributed by atoms with Crippen LogP contribution in [0.4, 0.5) is 0 Å². The Morgan fingerprint density at radius 3 is 2.31 bits per heavy atom. The Morgan fingerprint density at radius 1 is 1.00 bits per heavy atom. The van der Waals surface area contributed by atoms with Crippen molar-refractivity contribution in [2.75, 3.05) is 20.8 Å². The van der Waals surface area contributed by atoms with Crippen molar-refractivity contribution in [1.82, 2.24) is 4.90 Å². The number of aliphatic hydroxyl groups excluding tert-OH is 1. The minimum atomic E-state index is -2.47. The number of ketones is 2. The van der Waals surface area contributed by atoms with E-state index >= 15 is 0 Å². The van der Waals surface area contributed by atoms with E-state index in [4.69, 9.17) is 18.9 Å². The van der Waals surface area contributed by atoms with E-state index in [2.05, 4.69) is 26.5 Å². The Balaban J connectivity index is 1.77. The fraction of sp³-hybridized carbons (Fsp3) is 0.721. The van der Waals surface area contributed by atoms with Crippen molar-refractivity contribution >= 4 is 23.4 Å². The van der Waals surface area contributed by atoms with Gasteiger partial charge in [0.05, 0.1) is 18.3 Å². The van der Waals surface area contributed by atoms with Crippen molar-refractivity contribution in [2.45, 2.75) is 154 Å². The quantitative estimate of drug-likeness (QED) is 0.189. The normalized spacial score (nSPS) is 39.3. The van der Waals surface area contributed by atoms with Crippen LogP contribution in [0.2, 0.25) is 0 Å². The Hall–Kier alpha value is -2.96. The summed E-state index contributed by atoms with van der Waals surface area (Å²) in [5.74, 6) is -5.77. The van der Waals surface area contributed by atoms with E-state index < -0.39 is 59.8 Å². The zero-order valence-corrected chi connectivity index (χ0v) is 33.6. The van der Waals surface area contributed by atoms with E-state index in [1.54, 1.807) is 27.2 Å². The van der Waals surface area contributed by atoms with Gasteiger partial charge in [0.15, 0.2) is 5.78 Å². The topological polar surface area (TPSA) is 149 Å². The number of cyclic esters (lactones) is 1. The fourth-order valence-electron chi connectivity index (χ4n) is 8.86. The molecule has 0 aromatic heterocycles. The number of carbonyl (C=O) groups is 4. The average Bonchev–Trinajstić information content (AvgIpc) is 3.15. The summed E-state index contributed by atoms with van der Waals surface area (Å²) in [6.45, 7) is 13.6. The number of hydrogen-bond acceptors (Lipinski definition) is 10. The van der Waals surface area contributed by atoms with E-state index in [1.165, 1.54) is 4.90 Å². The number of amides is 1. The van der Waals surface area contributed by atoms with Gasteiger partial charge in [-0.05, 0) is 119 Å². The predicted molar refractivity (Wildman–Crippen MR) is 205 cm³/mol. The number of piperidine rings is 1. The molecule has 3 fully saturated rings. The fourth-order valence-corrected chi connectivity index (χ4v) is 8.86. The van der Waals surface area contributed by atoms with Crippen LogP contribution in [-0.2, 0) is 38.1 Å². The highest BCUT2D eigenvalue weighted by Crippen LogP contribution is 2.39. The molecule has 0 aromatic carbocycles.